The molecule has 0 aromatic rings. The van der Waals surface area contributed by atoms with Crippen LogP contribution >= 0.6 is 0 Å². The van der Waals surface area contributed by atoms with Crippen molar-refractivity contribution in [1.82, 2.24) is 4.90 Å². The highest BCUT2D eigenvalue weighted by Crippen LogP contribution is 2.22. The summed E-state index contributed by atoms with van der Waals surface area (Å²) in [5, 5.41) is 0. The molecule has 0 radical (unpaired) electrons. The fourth-order valence-corrected chi connectivity index (χ4v) is 5.44. The van der Waals surface area contributed by atoms with E-state index in [0.717, 1.165) is 18.1 Å². The van der Waals surface area contributed by atoms with Gasteiger partial charge in [-0.3, -0.25) is 9.69 Å². The minimum Gasteiger partial charge on any atom is -0.469 e. The van der Waals surface area contributed by atoms with Gasteiger partial charge in [-0.2, -0.15) is 0 Å². The average molecular weight is 331 g/mol. The molecule has 0 unspecified atom stereocenters. The van der Waals surface area contributed by atoms with Gasteiger partial charge in [-0.1, -0.05) is 20.8 Å². The lowest BCUT2D eigenvalue weighted by Gasteiger charge is -2.29. The first-order valence-electron chi connectivity index (χ1n) is 8.16. The molecule has 1 aliphatic rings. The van der Waals surface area contributed by atoms with Crippen LogP contribution in [0.1, 0.15) is 33.6 Å². The van der Waals surface area contributed by atoms with Crippen LogP contribution in [0.3, 0.4) is 0 Å². The smallest absolute Gasteiger partial charge is 0.410 e. The van der Waals surface area contributed by atoms with Crippen molar-refractivity contribution in [3.63, 3.8) is 0 Å². The summed E-state index contributed by atoms with van der Waals surface area (Å²) < 4.78 is 15.9. The predicted octanol–water partition coefficient (Wildman–Crippen LogP) is 2.78. The number of amides is 1. The molecule has 22 heavy (non-hydrogen) atoms. The third-order valence-electron chi connectivity index (χ3n) is 4.66. The van der Waals surface area contributed by atoms with Crippen molar-refractivity contribution in [2.24, 2.45) is 0 Å². The van der Waals surface area contributed by atoms with Crippen molar-refractivity contribution in [3.8, 4) is 0 Å². The van der Waals surface area contributed by atoms with E-state index in [1.165, 1.54) is 7.11 Å². The first-order valence-corrected chi connectivity index (χ1v) is 10.7. The summed E-state index contributed by atoms with van der Waals surface area (Å²) in [6.45, 7) is 7.96. The number of nitrogens with zero attached hydrogens (tertiary/aromatic N) is 1. The zero-order chi connectivity index (χ0) is 16.6. The maximum atomic E-state index is 11.8. The molecule has 1 heterocycles. The molecule has 0 saturated carbocycles. The summed E-state index contributed by atoms with van der Waals surface area (Å²) in [5.41, 5.74) is 0. The van der Waals surface area contributed by atoms with E-state index < -0.39 is 8.32 Å². The van der Waals surface area contributed by atoms with Gasteiger partial charge in [-0.05, 0) is 24.6 Å². The number of methoxy groups -OCH3 is 1. The molecule has 0 spiro atoms. The second kappa shape index (κ2) is 9.15. The van der Waals surface area contributed by atoms with E-state index in [2.05, 4.69) is 25.5 Å². The SMILES string of the molecule is CC[Si](CC)(CC)OCCN1C(=O)OC[C@@H]1CCC(=O)OC. The minimum absolute atomic E-state index is 0.0591. The molecule has 1 amide bonds. The number of hydrogen-bond acceptors (Lipinski definition) is 5. The lowest BCUT2D eigenvalue weighted by Crippen LogP contribution is -2.41. The summed E-state index contributed by atoms with van der Waals surface area (Å²) in [5.74, 6) is -0.259. The summed E-state index contributed by atoms with van der Waals surface area (Å²) in [4.78, 5) is 24.7. The van der Waals surface area contributed by atoms with Crippen molar-refractivity contribution in [3.05, 3.63) is 0 Å². The van der Waals surface area contributed by atoms with E-state index in [9.17, 15) is 9.59 Å². The Hall–Kier alpha value is -1.08. The van der Waals surface area contributed by atoms with Gasteiger partial charge in [0.1, 0.15) is 6.61 Å². The Morgan fingerprint density at radius 2 is 1.95 bits per heavy atom. The van der Waals surface area contributed by atoms with E-state index in [4.69, 9.17) is 9.16 Å². The molecule has 128 valence electrons. The van der Waals surface area contributed by atoms with Crippen LogP contribution < -0.4 is 0 Å². The summed E-state index contributed by atoms with van der Waals surface area (Å²) in [7, 11) is -0.259. The van der Waals surface area contributed by atoms with E-state index in [1.54, 1.807) is 4.90 Å². The number of cyclic esters (lactones) is 1. The largest absolute Gasteiger partial charge is 0.469 e. The molecule has 1 aliphatic heterocycles. The Bertz CT molecular complexity index is 365. The van der Waals surface area contributed by atoms with Gasteiger partial charge in [0.05, 0.1) is 19.8 Å². The van der Waals surface area contributed by atoms with E-state index in [-0.39, 0.29) is 18.1 Å². The fraction of sp³-hybridized carbons (Fsp3) is 0.867. The van der Waals surface area contributed by atoms with Crippen molar-refractivity contribution >= 4 is 20.4 Å². The van der Waals surface area contributed by atoms with Gasteiger partial charge in [0, 0.05) is 13.0 Å². The Morgan fingerprint density at radius 3 is 2.50 bits per heavy atom. The average Bonchev–Trinajstić information content (AvgIpc) is 2.90. The third-order valence-corrected chi connectivity index (χ3v) is 9.34. The quantitative estimate of drug-likeness (QED) is 0.455. The van der Waals surface area contributed by atoms with Gasteiger partial charge >= 0.3 is 12.1 Å². The van der Waals surface area contributed by atoms with Crippen LogP contribution in [-0.2, 0) is 18.7 Å². The zero-order valence-corrected chi connectivity index (χ0v) is 15.2. The Labute approximate surface area is 134 Å². The van der Waals surface area contributed by atoms with Crippen LogP contribution in [0, 0.1) is 0 Å². The first kappa shape index (κ1) is 19.0. The Balaban J connectivity index is 2.47. The first-order chi connectivity index (χ1) is 10.5. The maximum Gasteiger partial charge on any atom is 0.410 e. The molecule has 1 rings (SSSR count). The highest BCUT2D eigenvalue weighted by atomic mass is 28.4. The minimum atomic E-state index is -1.63. The molecule has 0 aliphatic carbocycles. The highest BCUT2D eigenvalue weighted by Gasteiger charge is 2.34. The van der Waals surface area contributed by atoms with Crippen LogP contribution in [0.4, 0.5) is 4.79 Å². The lowest BCUT2D eigenvalue weighted by atomic mass is 10.1. The molecule has 0 aromatic carbocycles. The Morgan fingerprint density at radius 1 is 1.32 bits per heavy atom. The van der Waals surface area contributed by atoms with Gasteiger partial charge < -0.3 is 13.9 Å². The molecule has 7 heteroatoms. The monoisotopic (exact) mass is 331 g/mol. The van der Waals surface area contributed by atoms with Crippen LogP contribution in [0.25, 0.3) is 0 Å². The summed E-state index contributed by atoms with van der Waals surface area (Å²) in [6.07, 6.45) is 0.554. The number of rotatable bonds is 10. The fourth-order valence-electron chi connectivity index (χ4n) is 2.81. The second-order valence-corrected chi connectivity index (χ2v) is 10.4. The normalized spacial score (nSPS) is 18.5. The number of esters is 1. The second-order valence-electron chi connectivity index (χ2n) is 5.63. The molecule has 1 fully saturated rings. The molecule has 0 N–H and O–H groups in total. The topological polar surface area (TPSA) is 65.1 Å². The molecule has 1 saturated heterocycles. The van der Waals surface area contributed by atoms with Crippen molar-refractivity contribution in [2.75, 3.05) is 26.9 Å². The van der Waals surface area contributed by atoms with Crippen LogP contribution in [0.5, 0.6) is 0 Å². The number of carbonyl (C=O) groups excluding carboxylic acids is 2. The van der Waals surface area contributed by atoms with Crippen molar-refractivity contribution in [1.29, 1.82) is 0 Å². The van der Waals surface area contributed by atoms with E-state index in [1.807, 2.05) is 0 Å². The molecule has 6 nitrogen and oxygen atoms in total. The maximum absolute atomic E-state index is 11.8. The van der Waals surface area contributed by atoms with Gasteiger partial charge in [-0.15, -0.1) is 0 Å². The zero-order valence-electron chi connectivity index (χ0n) is 14.2. The molecular formula is C15H29NO5Si. The van der Waals surface area contributed by atoms with Crippen LogP contribution in [0.2, 0.25) is 18.1 Å². The van der Waals surface area contributed by atoms with E-state index >= 15 is 0 Å². The number of hydrogen-bond donors (Lipinski definition) is 0. The number of carbonyl (C=O) groups is 2. The highest BCUT2D eigenvalue weighted by molar-refractivity contribution is 6.73. The van der Waals surface area contributed by atoms with Gasteiger partial charge in [0.15, 0.2) is 8.32 Å². The number of ether oxygens (including phenoxy) is 2. The third kappa shape index (κ3) is 4.98. The summed E-state index contributed by atoms with van der Waals surface area (Å²) >= 11 is 0. The standard InChI is InChI=1S/C15H29NO5Si/c1-5-22(6-2,7-3)21-11-10-16-13(12-20-15(16)18)8-9-14(17)19-4/h13H,5-12H2,1-4H3/t13-/m0/s1. The Kier molecular flexibility index (Phi) is 7.88. The van der Waals surface area contributed by atoms with Gasteiger partial charge in [0.25, 0.3) is 0 Å². The molecule has 1 atom stereocenters. The van der Waals surface area contributed by atoms with E-state index in [0.29, 0.717) is 32.6 Å². The van der Waals surface area contributed by atoms with Gasteiger partial charge in [0.2, 0.25) is 0 Å². The predicted molar refractivity (Wildman–Crippen MR) is 86.2 cm³/mol. The molecule has 0 bridgehead atoms. The summed E-state index contributed by atoms with van der Waals surface area (Å²) in [6, 6.07) is 3.22. The molecular weight excluding hydrogens is 302 g/mol. The van der Waals surface area contributed by atoms with Crippen LogP contribution in [0.15, 0.2) is 0 Å². The lowest BCUT2D eigenvalue weighted by molar-refractivity contribution is -0.140. The molecule has 0 aromatic heterocycles. The van der Waals surface area contributed by atoms with Gasteiger partial charge in [-0.25, -0.2) is 4.79 Å². The van der Waals surface area contributed by atoms with Crippen LogP contribution in [-0.4, -0.2) is 58.2 Å². The van der Waals surface area contributed by atoms with Crippen molar-refractivity contribution in [2.45, 2.75) is 57.8 Å². The van der Waals surface area contributed by atoms with Crippen molar-refractivity contribution < 1.29 is 23.5 Å².